The SMILES string of the molecule is CC1(C)COP(=S)(N(C2CCCCC2)[S+]([O-])CN(C(=O)O)c2cccc3c2OC(C)(C)C3)OC1. The van der Waals surface area contributed by atoms with Crippen LogP contribution in [-0.4, -0.2) is 50.6 Å². The number of rotatable bonds is 6. The molecule has 0 aromatic heterocycles. The fourth-order valence-corrected chi connectivity index (χ4v) is 10.5. The molecule has 1 saturated carbocycles. The van der Waals surface area contributed by atoms with Crippen molar-refractivity contribution in [3.05, 3.63) is 23.8 Å². The van der Waals surface area contributed by atoms with Crippen LogP contribution in [0.3, 0.4) is 0 Å². The van der Waals surface area contributed by atoms with Gasteiger partial charge in [-0.1, -0.05) is 45.2 Å². The first-order valence-corrected chi connectivity index (χ1v) is 15.7. The Morgan fingerprint density at radius 2 is 1.85 bits per heavy atom. The van der Waals surface area contributed by atoms with E-state index in [1.54, 1.807) is 10.1 Å². The van der Waals surface area contributed by atoms with Crippen LogP contribution in [0.4, 0.5) is 10.5 Å². The summed E-state index contributed by atoms with van der Waals surface area (Å²) < 4.78 is 33.9. The molecule has 11 heteroatoms. The van der Waals surface area contributed by atoms with Crippen LogP contribution in [0.1, 0.15) is 65.4 Å². The van der Waals surface area contributed by atoms with Crippen molar-refractivity contribution >= 4 is 41.6 Å². The van der Waals surface area contributed by atoms with Crippen LogP contribution in [-0.2, 0) is 38.6 Å². The number of nitrogens with zero attached hydrogens (tertiary/aromatic N) is 2. The molecule has 2 fully saturated rings. The smallest absolute Gasteiger partial charge is 0.415 e. The summed E-state index contributed by atoms with van der Waals surface area (Å²) in [4.78, 5) is 13.5. The Balaban J connectivity index is 1.63. The normalized spacial score (nSPS) is 24.3. The van der Waals surface area contributed by atoms with Gasteiger partial charge in [0.2, 0.25) is 5.88 Å². The van der Waals surface area contributed by atoms with Crippen LogP contribution < -0.4 is 9.64 Å². The number of carbonyl (C=O) groups is 1. The first-order chi connectivity index (χ1) is 15.9. The Labute approximate surface area is 210 Å². The number of benzene rings is 1. The van der Waals surface area contributed by atoms with E-state index in [2.05, 4.69) is 0 Å². The van der Waals surface area contributed by atoms with Gasteiger partial charge in [-0.3, -0.25) is 0 Å². The second-order valence-corrected chi connectivity index (χ2v) is 15.6. The monoisotopic (exact) mass is 530 g/mol. The van der Waals surface area contributed by atoms with E-state index in [-0.39, 0.29) is 17.3 Å². The largest absolute Gasteiger partial charge is 0.596 e. The van der Waals surface area contributed by atoms with Gasteiger partial charge in [-0.15, -0.1) is 0 Å². The number of hydrogen-bond donors (Lipinski definition) is 1. The lowest BCUT2D eigenvalue weighted by Gasteiger charge is -2.44. The first kappa shape index (κ1) is 26.2. The molecule has 0 spiro atoms. The second kappa shape index (κ2) is 9.88. The van der Waals surface area contributed by atoms with Gasteiger partial charge in [0.05, 0.1) is 36.3 Å². The molecule has 0 bridgehead atoms. The van der Waals surface area contributed by atoms with Crippen molar-refractivity contribution in [1.82, 2.24) is 4.08 Å². The van der Waals surface area contributed by atoms with E-state index >= 15 is 0 Å². The number of para-hydroxylation sites is 1. The standard InChI is InChI=1S/C23H35N2O6PS2/c1-22(2)14-29-32(33,30-15-22)25(18-10-6-5-7-11-18)34(28)16-24(21(26)27)19-12-8-9-17-13-23(3,4)31-20(17)19/h8-9,12,18H,5-7,10-11,13-16H2,1-4H3,(H,26,27). The van der Waals surface area contributed by atoms with E-state index in [1.165, 1.54) is 0 Å². The summed E-state index contributed by atoms with van der Waals surface area (Å²) in [6.07, 6.45) is 4.31. The van der Waals surface area contributed by atoms with Crippen molar-refractivity contribution in [2.45, 2.75) is 77.9 Å². The molecule has 34 heavy (non-hydrogen) atoms. The number of hydrogen-bond acceptors (Lipinski definition) is 6. The average Bonchev–Trinajstić information content (AvgIpc) is 3.09. The number of amides is 1. The van der Waals surface area contributed by atoms with E-state index in [0.717, 1.165) is 42.6 Å². The maximum Gasteiger partial charge on any atom is 0.415 e. The Morgan fingerprint density at radius 3 is 2.47 bits per heavy atom. The van der Waals surface area contributed by atoms with E-state index in [9.17, 15) is 14.5 Å². The van der Waals surface area contributed by atoms with Crippen molar-refractivity contribution in [2.24, 2.45) is 5.41 Å². The molecule has 8 nitrogen and oxygen atoms in total. The van der Waals surface area contributed by atoms with E-state index in [4.69, 9.17) is 25.6 Å². The minimum Gasteiger partial charge on any atom is -0.596 e. The first-order valence-electron chi connectivity index (χ1n) is 11.8. The highest BCUT2D eigenvalue weighted by Gasteiger charge is 2.49. The minimum atomic E-state index is -3.03. The zero-order valence-electron chi connectivity index (χ0n) is 20.3. The van der Waals surface area contributed by atoms with Gasteiger partial charge < -0.3 is 23.4 Å². The number of fused-ring (bicyclic) bond motifs is 1. The maximum atomic E-state index is 13.9. The molecule has 1 unspecified atom stereocenters. The van der Waals surface area contributed by atoms with E-state index in [0.29, 0.717) is 31.1 Å². The predicted octanol–water partition coefficient (Wildman–Crippen LogP) is 5.44. The van der Waals surface area contributed by atoms with Crippen molar-refractivity contribution in [3.8, 4) is 5.75 Å². The third kappa shape index (κ3) is 5.59. The van der Waals surface area contributed by atoms with Crippen LogP contribution in [0.15, 0.2) is 18.2 Å². The maximum absolute atomic E-state index is 13.9. The number of anilines is 1. The highest BCUT2D eigenvalue weighted by atomic mass is 32.5. The molecular formula is C23H35N2O6PS2. The Morgan fingerprint density at radius 1 is 1.21 bits per heavy atom. The third-order valence-corrected chi connectivity index (χ3v) is 12.0. The van der Waals surface area contributed by atoms with Crippen LogP contribution in [0.25, 0.3) is 0 Å². The lowest BCUT2D eigenvalue weighted by atomic mass is 9.96. The fraction of sp³-hybridized carbons (Fsp3) is 0.696. The molecule has 3 aliphatic rings. The zero-order valence-corrected chi connectivity index (χ0v) is 22.8. The molecule has 1 aromatic rings. The number of carboxylic acid groups (broad SMARTS) is 1. The Bertz CT molecular complexity index is 955. The molecule has 1 aliphatic carbocycles. The van der Waals surface area contributed by atoms with Crippen LogP contribution in [0.5, 0.6) is 5.75 Å². The quantitative estimate of drug-likeness (QED) is 0.384. The molecule has 1 N–H and O–H groups in total. The van der Waals surface area contributed by atoms with Gasteiger partial charge in [0.15, 0.2) is 0 Å². The molecule has 1 amide bonds. The summed E-state index contributed by atoms with van der Waals surface area (Å²) in [5, 5.41) is 10.1. The fourth-order valence-electron chi connectivity index (χ4n) is 4.69. The third-order valence-electron chi connectivity index (χ3n) is 6.41. The van der Waals surface area contributed by atoms with Crippen molar-refractivity contribution < 1.29 is 28.2 Å². The highest BCUT2D eigenvalue weighted by Crippen LogP contribution is 2.60. The Hall–Kier alpha value is -0.870. The van der Waals surface area contributed by atoms with Gasteiger partial charge in [-0.05, 0) is 48.6 Å². The minimum absolute atomic E-state index is 0.0612. The molecule has 0 radical (unpaired) electrons. The lowest BCUT2D eigenvalue weighted by molar-refractivity contribution is 0.0458. The van der Waals surface area contributed by atoms with Crippen molar-refractivity contribution in [2.75, 3.05) is 24.0 Å². The second-order valence-electron chi connectivity index (χ2n) is 10.7. The molecule has 1 saturated heterocycles. The molecule has 2 heterocycles. The molecular weight excluding hydrogens is 495 g/mol. The summed E-state index contributed by atoms with van der Waals surface area (Å²) in [6, 6.07) is 5.39. The topological polar surface area (TPSA) is 94.5 Å². The van der Waals surface area contributed by atoms with Crippen molar-refractivity contribution in [3.63, 3.8) is 0 Å². The summed E-state index contributed by atoms with van der Waals surface area (Å²) in [6.45, 7) is 5.82. The Kier molecular flexibility index (Phi) is 7.62. The highest BCUT2D eigenvalue weighted by molar-refractivity contribution is 8.13. The molecule has 2 aliphatic heterocycles. The summed E-state index contributed by atoms with van der Waals surface area (Å²) >= 11 is 4.12. The summed E-state index contributed by atoms with van der Waals surface area (Å²) in [5.74, 6) is 0.270. The van der Waals surface area contributed by atoms with Gasteiger partial charge in [0.25, 0.3) is 0 Å². The van der Waals surface area contributed by atoms with Crippen LogP contribution in [0.2, 0.25) is 0 Å². The number of ether oxygens (including phenoxy) is 1. The van der Waals surface area contributed by atoms with Crippen molar-refractivity contribution in [1.29, 1.82) is 0 Å². The van der Waals surface area contributed by atoms with Gasteiger partial charge >= 0.3 is 12.7 Å². The van der Waals surface area contributed by atoms with Gasteiger partial charge in [-0.25, -0.2) is 9.69 Å². The van der Waals surface area contributed by atoms with Gasteiger partial charge in [0.1, 0.15) is 11.4 Å². The molecule has 1 aromatic carbocycles. The summed E-state index contributed by atoms with van der Waals surface area (Å²) in [5.41, 5.74) is 0.736. The molecule has 190 valence electrons. The lowest BCUT2D eigenvalue weighted by Crippen LogP contribution is -2.47. The van der Waals surface area contributed by atoms with Gasteiger partial charge in [0, 0.05) is 17.4 Å². The van der Waals surface area contributed by atoms with Crippen LogP contribution >= 0.6 is 6.64 Å². The zero-order chi connectivity index (χ0) is 24.7. The molecule has 1 atom stereocenters. The van der Waals surface area contributed by atoms with Gasteiger partial charge in [-0.2, -0.15) is 0 Å². The van der Waals surface area contributed by atoms with E-state index < -0.39 is 29.7 Å². The van der Waals surface area contributed by atoms with Crippen LogP contribution in [0, 0.1) is 5.41 Å². The predicted molar refractivity (Wildman–Crippen MR) is 137 cm³/mol. The van der Waals surface area contributed by atoms with E-state index in [1.807, 2.05) is 39.8 Å². The summed E-state index contributed by atoms with van der Waals surface area (Å²) in [7, 11) is 0. The average molecular weight is 531 g/mol. The molecule has 4 rings (SSSR count).